The molecule has 24 heavy (non-hydrogen) atoms. The van der Waals surface area contributed by atoms with Gasteiger partial charge in [0.05, 0.1) is 12.1 Å². The van der Waals surface area contributed by atoms with Gasteiger partial charge in [-0.2, -0.15) is 0 Å². The number of carbonyl (C=O) groups is 1. The number of benzene rings is 1. The molecule has 7 N–H and O–H groups in total. The van der Waals surface area contributed by atoms with E-state index >= 15 is 0 Å². The summed E-state index contributed by atoms with van der Waals surface area (Å²) in [6, 6.07) is 6.55. The molecule has 1 aromatic rings. The topological polar surface area (TPSA) is 138 Å². The summed E-state index contributed by atoms with van der Waals surface area (Å²) in [7, 11) is 0. The third-order valence-electron chi connectivity index (χ3n) is 3.10. The van der Waals surface area contributed by atoms with Gasteiger partial charge >= 0.3 is 5.97 Å². The summed E-state index contributed by atoms with van der Waals surface area (Å²) in [4.78, 5) is 19.1. The number of aromatic carboxylic acids is 1. The number of aliphatic imine (C=N–C) groups is 2. The summed E-state index contributed by atoms with van der Waals surface area (Å²) in [5.74, 6) is -0.131. The maximum absolute atomic E-state index is 10.8. The number of hydrogen-bond donors (Lipinski definition) is 5. The summed E-state index contributed by atoms with van der Waals surface area (Å²) in [6.45, 7) is 4.54. The van der Waals surface area contributed by atoms with Gasteiger partial charge in [-0.15, -0.1) is 0 Å². The summed E-state index contributed by atoms with van der Waals surface area (Å²) in [6.07, 6.45) is 1.79. The Morgan fingerprint density at radius 1 is 1.08 bits per heavy atom. The van der Waals surface area contributed by atoms with Crippen molar-refractivity contribution in [3.8, 4) is 0 Å². The number of carboxylic acids is 1. The highest BCUT2D eigenvalue weighted by atomic mass is 16.4. The fraction of sp³-hybridized carbons (Fsp3) is 0.438. The van der Waals surface area contributed by atoms with Gasteiger partial charge in [0.25, 0.3) is 0 Å². The standard InChI is InChI=1S/C16H26N6O2/c1-2-8-19-15(17)20-9-3-10-21-16(18)22-11-12-4-6-13(7-5-12)14(23)24/h4-7H,2-3,8-11H2,1H3,(H,23,24)(H3,17,19,20)(H3,18,21,22). The Balaban J connectivity index is 2.24. The van der Waals surface area contributed by atoms with E-state index in [1.165, 1.54) is 0 Å². The lowest BCUT2D eigenvalue weighted by atomic mass is 10.1. The number of nitrogens with one attached hydrogen (secondary N) is 2. The van der Waals surface area contributed by atoms with E-state index < -0.39 is 5.97 Å². The molecule has 0 radical (unpaired) electrons. The van der Waals surface area contributed by atoms with Crippen molar-refractivity contribution in [2.24, 2.45) is 21.5 Å². The highest BCUT2D eigenvalue weighted by Gasteiger charge is 2.01. The molecule has 0 aliphatic heterocycles. The molecule has 1 rings (SSSR count). The Hall–Kier alpha value is -2.77. The van der Waals surface area contributed by atoms with Crippen LogP contribution in [0.25, 0.3) is 0 Å². The van der Waals surface area contributed by atoms with E-state index in [9.17, 15) is 4.79 Å². The van der Waals surface area contributed by atoms with Crippen molar-refractivity contribution in [2.75, 3.05) is 19.6 Å². The van der Waals surface area contributed by atoms with Crippen LogP contribution in [0.4, 0.5) is 0 Å². The van der Waals surface area contributed by atoms with Gasteiger partial charge in [0.2, 0.25) is 0 Å². The highest BCUT2D eigenvalue weighted by molar-refractivity contribution is 5.87. The zero-order chi connectivity index (χ0) is 17.8. The molecule has 8 nitrogen and oxygen atoms in total. The molecule has 1 aromatic carbocycles. The van der Waals surface area contributed by atoms with Gasteiger partial charge in [0.15, 0.2) is 11.9 Å². The molecule has 132 valence electrons. The second-order valence-electron chi connectivity index (χ2n) is 5.18. The predicted octanol–water partition coefficient (Wildman–Crippen LogP) is 0.494. The molecular formula is C16H26N6O2. The lowest BCUT2D eigenvalue weighted by molar-refractivity contribution is 0.0697. The fourth-order valence-electron chi connectivity index (χ4n) is 1.79. The van der Waals surface area contributed by atoms with Crippen LogP contribution >= 0.6 is 0 Å². The number of nitrogens with zero attached hydrogens (tertiary/aromatic N) is 2. The van der Waals surface area contributed by atoms with Crippen LogP contribution in [0.5, 0.6) is 0 Å². The van der Waals surface area contributed by atoms with Crippen molar-refractivity contribution in [3.63, 3.8) is 0 Å². The maximum Gasteiger partial charge on any atom is 0.335 e. The number of guanidine groups is 2. The predicted molar refractivity (Wildman–Crippen MR) is 96.1 cm³/mol. The van der Waals surface area contributed by atoms with Crippen LogP contribution in [0, 0.1) is 0 Å². The molecule has 0 amide bonds. The van der Waals surface area contributed by atoms with E-state index in [0.29, 0.717) is 31.6 Å². The molecule has 0 heterocycles. The largest absolute Gasteiger partial charge is 0.478 e. The summed E-state index contributed by atoms with van der Waals surface area (Å²) in [5.41, 5.74) is 12.6. The smallest absolute Gasteiger partial charge is 0.335 e. The van der Waals surface area contributed by atoms with E-state index in [2.05, 4.69) is 20.6 Å². The Labute approximate surface area is 142 Å². The second-order valence-corrected chi connectivity index (χ2v) is 5.18. The van der Waals surface area contributed by atoms with Crippen LogP contribution in [0.15, 0.2) is 34.3 Å². The first kappa shape index (κ1) is 19.3. The number of nitrogens with two attached hydrogens (primary N) is 2. The fourth-order valence-corrected chi connectivity index (χ4v) is 1.79. The minimum absolute atomic E-state index is 0.253. The quantitative estimate of drug-likeness (QED) is 0.253. The lowest BCUT2D eigenvalue weighted by Crippen LogP contribution is -2.36. The molecule has 0 atom stereocenters. The van der Waals surface area contributed by atoms with Crippen LogP contribution in [0.3, 0.4) is 0 Å². The third kappa shape index (κ3) is 8.02. The Bertz CT molecular complexity index is 568. The van der Waals surface area contributed by atoms with Crippen LogP contribution in [-0.4, -0.2) is 42.6 Å². The average molecular weight is 334 g/mol. The summed E-state index contributed by atoms with van der Waals surface area (Å²) in [5, 5.41) is 14.9. The van der Waals surface area contributed by atoms with Gasteiger partial charge in [-0.25, -0.2) is 9.79 Å². The van der Waals surface area contributed by atoms with E-state index in [-0.39, 0.29) is 5.56 Å². The summed E-state index contributed by atoms with van der Waals surface area (Å²) < 4.78 is 0. The maximum atomic E-state index is 10.8. The van der Waals surface area contributed by atoms with Crippen molar-refractivity contribution < 1.29 is 9.90 Å². The minimum atomic E-state index is -0.944. The number of hydrogen-bond acceptors (Lipinski definition) is 3. The normalized spacial score (nSPS) is 12.0. The van der Waals surface area contributed by atoms with Crippen molar-refractivity contribution in [1.29, 1.82) is 0 Å². The van der Waals surface area contributed by atoms with Gasteiger partial charge in [0.1, 0.15) is 0 Å². The molecule has 0 fully saturated rings. The van der Waals surface area contributed by atoms with Gasteiger partial charge < -0.3 is 27.2 Å². The first-order valence-corrected chi connectivity index (χ1v) is 7.92. The monoisotopic (exact) mass is 334 g/mol. The Morgan fingerprint density at radius 3 is 2.21 bits per heavy atom. The zero-order valence-corrected chi connectivity index (χ0v) is 14.0. The number of rotatable bonds is 9. The van der Waals surface area contributed by atoms with Crippen LogP contribution in [-0.2, 0) is 6.54 Å². The molecular weight excluding hydrogens is 308 g/mol. The molecule has 0 bridgehead atoms. The van der Waals surface area contributed by atoms with Gasteiger partial charge in [-0.05, 0) is 30.5 Å². The van der Waals surface area contributed by atoms with Crippen molar-refractivity contribution in [2.45, 2.75) is 26.3 Å². The molecule has 0 aliphatic carbocycles. The van der Waals surface area contributed by atoms with Gasteiger partial charge in [0, 0.05) is 19.6 Å². The zero-order valence-electron chi connectivity index (χ0n) is 14.0. The van der Waals surface area contributed by atoms with E-state index in [1.54, 1.807) is 24.3 Å². The molecule has 0 saturated carbocycles. The van der Waals surface area contributed by atoms with Crippen LogP contribution < -0.4 is 22.1 Å². The van der Waals surface area contributed by atoms with E-state index in [0.717, 1.165) is 24.9 Å². The molecule has 0 spiro atoms. The molecule has 0 unspecified atom stereocenters. The number of carboxylic acid groups (broad SMARTS) is 1. The van der Waals surface area contributed by atoms with Gasteiger partial charge in [-0.1, -0.05) is 19.1 Å². The van der Waals surface area contributed by atoms with E-state index in [1.807, 2.05) is 6.92 Å². The van der Waals surface area contributed by atoms with Crippen molar-refractivity contribution in [1.82, 2.24) is 10.6 Å². The minimum Gasteiger partial charge on any atom is -0.478 e. The van der Waals surface area contributed by atoms with Crippen LogP contribution in [0.2, 0.25) is 0 Å². The SMILES string of the molecule is CCCN=C(N)NCCCNC(N)=NCc1ccc(C(=O)O)cc1. The Kier molecular flexibility index (Phi) is 8.73. The van der Waals surface area contributed by atoms with Crippen molar-refractivity contribution >= 4 is 17.9 Å². The second kappa shape index (κ2) is 10.9. The first-order valence-electron chi connectivity index (χ1n) is 7.92. The Morgan fingerprint density at radius 2 is 1.67 bits per heavy atom. The first-order chi connectivity index (χ1) is 11.5. The highest BCUT2D eigenvalue weighted by Crippen LogP contribution is 2.05. The molecule has 0 saturated heterocycles. The molecule has 8 heteroatoms. The average Bonchev–Trinajstić information content (AvgIpc) is 2.58. The van der Waals surface area contributed by atoms with E-state index in [4.69, 9.17) is 16.6 Å². The molecule has 0 aromatic heterocycles. The van der Waals surface area contributed by atoms with Crippen molar-refractivity contribution in [3.05, 3.63) is 35.4 Å². The third-order valence-corrected chi connectivity index (χ3v) is 3.10. The van der Waals surface area contributed by atoms with Gasteiger partial charge in [-0.3, -0.25) is 4.99 Å². The van der Waals surface area contributed by atoms with Crippen LogP contribution in [0.1, 0.15) is 35.7 Å². The summed E-state index contributed by atoms with van der Waals surface area (Å²) >= 11 is 0. The molecule has 0 aliphatic rings. The lowest BCUT2D eigenvalue weighted by Gasteiger charge is -2.07.